The molecular weight excluding hydrogens is 256 g/mol. The maximum absolute atomic E-state index is 11.0. The molecular formula is C6H6Cl3NO2S. The van der Waals surface area contributed by atoms with Gasteiger partial charge in [-0.25, -0.2) is 9.79 Å². The van der Waals surface area contributed by atoms with E-state index in [0.717, 1.165) is 12.2 Å². The third-order valence-corrected chi connectivity index (χ3v) is 2.60. The summed E-state index contributed by atoms with van der Waals surface area (Å²) in [5, 5.41) is 0.280. The average Bonchev–Trinajstić information content (AvgIpc) is 2.04. The first-order chi connectivity index (χ1) is 6.00. The highest BCUT2D eigenvalue weighted by molar-refractivity contribution is 8.13. The Balaban J connectivity index is 2.49. The van der Waals surface area contributed by atoms with Gasteiger partial charge in [0.2, 0.25) is 0 Å². The molecule has 0 spiro atoms. The zero-order valence-electron chi connectivity index (χ0n) is 6.43. The van der Waals surface area contributed by atoms with E-state index in [0.29, 0.717) is 6.54 Å². The summed E-state index contributed by atoms with van der Waals surface area (Å²) in [4.78, 5) is 15.0. The van der Waals surface area contributed by atoms with Crippen molar-refractivity contribution in [2.45, 2.75) is 10.2 Å². The van der Waals surface area contributed by atoms with Gasteiger partial charge in [0.1, 0.15) is 0 Å². The molecule has 0 amide bonds. The van der Waals surface area contributed by atoms with Gasteiger partial charge in [0.25, 0.3) is 9.02 Å². The summed E-state index contributed by atoms with van der Waals surface area (Å²) in [6.07, 6.45) is 0.972. The summed E-state index contributed by atoms with van der Waals surface area (Å²) in [5.41, 5.74) is 0. The number of thioether (sulfide) groups is 1. The van der Waals surface area contributed by atoms with Crippen molar-refractivity contribution in [2.24, 2.45) is 4.99 Å². The first kappa shape index (κ1) is 11.4. The average molecular weight is 263 g/mol. The van der Waals surface area contributed by atoms with Crippen LogP contribution < -0.4 is 0 Å². The summed E-state index contributed by atoms with van der Waals surface area (Å²) in [6.45, 7) is 0.648. The van der Waals surface area contributed by atoms with Crippen LogP contribution in [-0.4, -0.2) is 27.3 Å². The third-order valence-electron chi connectivity index (χ3n) is 1.18. The molecule has 1 heterocycles. The summed E-state index contributed by atoms with van der Waals surface area (Å²) < 4.78 is 2.71. The normalized spacial score (nSPS) is 17.9. The summed E-state index contributed by atoms with van der Waals surface area (Å²) in [5.74, 6) is -0.0444. The highest BCUT2D eigenvalue weighted by Crippen LogP contribution is 2.28. The number of halogens is 3. The molecule has 3 nitrogen and oxygen atoms in total. The number of alkyl halides is 3. The van der Waals surface area contributed by atoms with Gasteiger partial charge in [-0.3, -0.25) is 0 Å². The number of esters is 1. The first-order valence-electron chi connectivity index (χ1n) is 3.46. The molecule has 0 unspecified atom stereocenters. The Bertz CT molecular complexity index is 239. The fourth-order valence-corrected chi connectivity index (χ4v) is 1.52. The van der Waals surface area contributed by atoms with Gasteiger partial charge in [-0.15, -0.1) is 0 Å². The van der Waals surface area contributed by atoms with Crippen molar-refractivity contribution in [3.05, 3.63) is 0 Å². The summed E-state index contributed by atoms with van der Waals surface area (Å²) >= 11 is 17.2. The zero-order valence-corrected chi connectivity index (χ0v) is 9.51. The lowest BCUT2D eigenvalue weighted by atomic mass is 10.5. The van der Waals surface area contributed by atoms with Crippen LogP contribution >= 0.6 is 46.6 Å². The second kappa shape index (κ2) is 4.73. The van der Waals surface area contributed by atoms with E-state index in [2.05, 4.69) is 4.99 Å². The van der Waals surface area contributed by atoms with Gasteiger partial charge in [-0.2, -0.15) is 0 Å². The Morgan fingerprint density at radius 3 is 2.69 bits per heavy atom. The molecule has 1 rings (SSSR count). The number of hydrogen-bond acceptors (Lipinski definition) is 4. The molecule has 7 heteroatoms. The second-order valence-corrected chi connectivity index (χ2v) is 5.56. The zero-order chi connectivity index (χ0) is 9.90. The lowest BCUT2D eigenvalue weighted by molar-refractivity contribution is -0.134. The van der Waals surface area contributed by atoms with Crippen molar-refractivity contribution < 1.29 is 9.53 Å². The van der Waals surface area contributed by atoms with E-state index in [1.807, 2.05) is 0 Å². The maximum Gasteiger partial charge on any atom is 0.365 e. The molecule has 0 N–H and O–H groups in total. The largest absolute Gasteiger partial charge is 0.398 e. The molecule has 0 bridgehead atoms. The van der Waals surface area contributed by atoms with Gasteiger partial charge in [0.15, 0.2) is 0 Å². The monoisotopic (exact) mass is 261 g/mol. The van der Waals surface area contributed by atoms with Gasteiger partial charge < -0.3 is 4.74 Å². The van der Waals surface area contributed by atoms with Crippen LogP contribution in [0.4, 0.5) is 0 Å². The highest BCUT2D eigenvalue weighted by atomic mass is 35.6. The minimum Gasteiger partial charge on any atom is -0.398 e. The van der Waals surface area contributed by atoms with Crippen LogP contribution in [0.25, 0.3) is 0 Å². The minimum atomic E-state index is -2.03. The molecule has 0 aromatic carbocycles. The van der Waals surface area contributed by atoms with Crippen LogP contribution in [-0.2, 0) is 9.53 Å². The quantitative estimate of drug-likeness (QED) is 0.497. The molecule has 0 aliphatic carbocycles. The number of hydrogen-bond donors (Lipinski definition) is 0. The topological polar surface area (TPSA) is 38.7 Å². The summed E-state index contributed by atoms with van der Waals surface area (Å²) in [6, 6.07) is 0. The van der Waals surface area contributed by atoms with Gasteiger partial charge >= 0.3 is 5.97 Å². The van der Waals surface area contributed by atoms with Crippen LogP contribution in [0, 0.1) is 0 Å². The molecule has 0 aromatic heterocycles. The Morgan fingerprint density at radius 1 is 1.54 bits per heavy atom. The Morgan fingerprint density at radius 2 is 2.23 bits per heavy atom. The molecule has 1 aliphatic heterocycles. The molecule has 0 saturated carbocycles. The van der Waals surface area contributed by atoms with Crippen molar-refractivity contribution in [3.63, 3.8) is 0 Å². The van der Waals surface area contributed by atoms with E-state index in [1.165, 1.54) is 11.8 Å². The number of ether oxygens (including phenoxy) is 1. The lowest BCUT2D eigenvalue weighted by Gasteiger charge is -2.13. The minimum absolute atomic E-state index is 0.280. The van der Waals surface area contributed by atoms with E-state index < -0.39 is 9.76 Å². The Kier molecular flexibility index (Phi) is 4.16. The van der Waals surface area contributed by atoms with Crippen molar-refractivity contribution >= 4 is 57.8 Å². The number of carbonyl (C=O) groups excluding carboxylic acids is 1. The molecule has 1 aliphatic rings. The maximum atomic E-state index is 11.0. The number of nitrogens with zero attached hydrogens (tertiary/aromatic N) is 1. The van der Waals surface area contributed by atoms with Crippen LogP contribution in [0.3, 0.4) is 0 Å². The lowest BCUT2D eigenvalue weighted by Crippen LogP contribution is -2.25. The fourth-order valence-electron chi connectivity index (χ4n) is 0.639. The van der Waals surface area contributed by atoms with E-state index in [-0.39, 0.29) is 5.23 Å². The predicted octanol–water partition coefficient (Wildman–Crippen LogP) is 2.39. The smallest absolute Gasteiger partial charge is 0.365 e. The van der Waals surface area contributed by atoms with Crippen LogP contribution in [0.1, 0.15) is 6.42 Å². The van der Waals surface area contributed by atoms with Crippen molar-refractivity contribution in [1.29, 1.82) is 0 Å². The van der Waals surface area contributed by atoms with Gasteiger partial charge in [-0.05, 0) is 6.42 Å². The number of carbonyl (C=O) groups is 1. The second-order valence-electron chi connectivity index (χ2n) is 2.24. The SMILES string of the molecule is O=C(OC1=NCCCS1)C(Cl)(Cl)Cl. The Labute approximate surface area is 94.8 Å². The van der Waals surface area contributed by atoms with Crippen LogP contribution in [0.2, 0.25) is 0 Å². The standard InChI is InChI=1S/C6H6Cl3NO2S/c7-6(8,9)4(11)12-5-10-2-1-3-13-5/h1-3H2. The Hall–Kier alpha value is 0.360. The van der Waals surface area contributed by atoms with Gasteiger partial charge in [0, 0.05) is 12.3 Å². The van der Waals surface area contributed by atoms with Crippen molar-refractivity contribution in [3.8, 4) is 0 Å². The van der Waals surface area contributed by atoms with E-state index in [4.69, 9.17) is 39.5 Å². The third kappa shape index (κ3) is 3.94. The van der Waals surface area contributed by atoms with Gasteiger partial charge in [0.05, 0.1) is 0 Å². The summed E-state index contributed by atoms with van der Waals surface area (Å²) in [7, 11) is 0. The van der Waals surface area contributed by atoms with Crippen LogP contribution in [0.15, 0.2) is 4.99 Å². The van der Waals surface area contributed by atoms with E-state index in [9.17, 15) is 4.79 Å². The van der Waals surface area contributed by atoms with E-state index >= 15 is 0 Å². The molecule has 74 valence electrons. The molecule has 0 fully saturated rings. The molecule has 0 aromatic rings. The van der Waals surface area contributed by atoms with Gasteiger partial charge in [-0.1, -0.05) is 46.6 Å². The van der Waals surface area contributed by atoms with Crippen molar-refractivity contribution in [2.75, 3.05) is 12.3 Å². The molecule has 0 atom stereocenters. The predicted molar refractivity (Wildman–Crippen MR) is 55.8 cm³/mol. The number of rotatable bonds is 0. The van der Waals surface area contributed by atoms with E-state index in [1.54, 1.807) is 0 Å². The fraction of sp³-hybridized carbons (Fsp3) is 0.667. The number of aliphatic imine (C=N–C) groups is 1. The van der Waals surface area contributed by atoms with Crippen LogP contribution in [0.5, 0.6) is 0 Å². The molecule has 0 radical (unpaired) electrons. The molecule has 13 heavy (non-hydrogen) atoms. The molecule has 0 saturated heterocycles. The van der Waals surface area contributed by atoms with Crippen molar-refractivity contribution in [1.82, 2.24) is 0 Å². The first-order valence-corrected chi connectivity index (χ1v) is 5.58. The highest BCUT2D eigenvalue weighted by Gasteiger charge is 2.34.